The minimum absolute atomic E-state index is 0.209. The van der Waals surface area contributed by atoms with Gasteiger partial charge in [0.2, 0.25) is 5.91 Å². The number of unbranched alkanes of at least 4 members (excludes halogenated alkanes) is 1. The average molecular weight is 305 g/mol. The molecule has 0 atom stereocenters. The summed E-state index contributed by atoms with van der Waals surface area (Å²) >= 11 is 3.37. The van der Waals surface area contributed by atoms with Gasteiger partial charge in [0.05, 0.1) is 0 Å². The zero-order valence-electron chi connectivity index (χ0n) is 10.7. The van der Waals surface area contributed by atoms with Crippen LogP contribution in [0.2, 0.25) is 0 Å². The summed E-state index contributed by atoms with van der Waals surface area (Å²) < 4.78 is 0. The Balaban J connectivity index is 1.99. The smallest absolute Gasteiger partial charge is 0.220 e. The molecule has 17 heavy (non-hydrogen) atoms. The van der Waals surface area contributed by atoms with Gasteiger partial charge in [-0.3, -0.25) is 4.79 Å². The van der Waals surface area contributed by atoms with Crippen molar-refractivity contribution < 1.29 is 4.79 Å². The zero-order valence-corrected chi connectivity index (χ0v) is 12.3. The Morgan fingerprint density at radius 2 is 1.82 bits per heavy atom. The van der Waals surface area contributed by atoms with Crippen molar-refractivity contribution in [2.24, 2.45) is 0 Å². The monoisotopic (exact) mass is 304 g/mol. The lowest BCUT2D eigenvalue weighted by Gasteiger charge is -2.19. The number of hydrogen-bond acceptors (Lipinski definition) is 2. The molecule has 1 saturated heterocycles. The Labute approximate surface area is 113 Å². The highest BCUT2D eigenvalue weighted by molar-refractivity contribution is 9.09. The van der Waals surface area contributed by atoms with Crippen LogP contribution in [0, 0.1) is 0 Å². The third-order valence-electron chi connectivity index (χ3n) is 3.24. The van der Waals surface area contributed by atoms with Crippen molar-refractivity contribution in [2.45, 2.75) is 44.9 Å². The maximum Gasteiger partial charge on any atom is 0.220 e. The first-order chi connectivity index (χ1) is 8.33. The van der Waals surface area contributed by atoms with Crippen molar-refractivity contribution in [3.05, 3.63) is 0 Å². The molecule has 4 heteroatoms. The predicted molar refractivity (Wildman–Crippen MR) is 75.6 cm³/mol. The second-order valence-electron chi connectivity index (χ2n) is 4.75. The number of carbonyl (C=O) groups is 1. The lowest BCUT2D eigenvalue weighted by Crippen LogP contribution is -2.35. The van der Waals surface area contributed by atoms with E-state index in [9.17, 15) is 4.79 Å². The maximum atomic E-state index is 11.5. The zero-order chi connectivity index (χ0) is 12.3. The molecule has 0 saturated carbocycles. The van der Waals surface area contributed by atoms with Crippen molar-refractivity contribution >= 4 is 21.8 Å². The van der Waals surface area contributed by atoms with Crippen molar-refractivity contribution in [3.8, 4) is 0 Å². The van der Waals surface area contributed by atoms with Crippen LogP contribution in [0.15, 0.2) is 0 Å². The van der Waals surface area contributed by atoms with Crippen molar-refractivity contribution in [3.63, 3.8) is 0 Å². The summed E-state index contributed by atoms with van der Waals surface area (Å²) in [4.78, 5) is 14.0. The molecule has 1 amide bonds. The Hall–Kier alpha value is -0.0900. The van der Waals surface area contributed by atoms with E-state index in [0.29, 0.717) is 6.42 Å². The standard InChI is InChI=1S/C13H25BrN2O/c14-8-4-3-7-13(17)15-9-12-16-10-5-1-2-6-11-16/h1-12H2,(H,15,17). The molecule has 100 valence electrons. The number of halogens is 1. The van der Waals surface area contributed by atoms with Crippen LogP contribution in [0.25, 0.3) is 0 Å². The molecule has 3 nitrogen and oxygen atoms in total. The summed E-state index contributed by atoms with van der Waals surface area (Å²) in [6.07, 6.45) is 8.12. The van der Waals surface area contributed by atoms with E-state index >= 15 is 0 Å². The minimum Gasteiger partial charge on any atom is -0.355 e. The fraction of sp³-hybridized carbons (Fsp3) is 0.923. The van der Waals surface area contributed by atoms with Crippen LogP contribution in [0.5, 0.6) is 0 Å². The SMILES string of the molecule is O=C(CCCCBr)NCCN1CCCCCC1. The molecule has 0 bridgehead atoms. The first kappa shape index (κ1) is 15.0. The highest BCUT2D eigenvalue weighted by atomic mass is 79.9. The second-order valence-corrected chi connectivity index (χ2v) is 5.54. The maximum absolute atomic E-state index is 11.5. The normalized spacial score (nSPS) is 17.7. The Bertz CT molecular complexity index is 204. The summed E-state index contributed by atoms with van der Waals surface area (Å²) in [5.41, 5.74) is 0. The molecule has 1 rings (SSSR count). The van der Waals surface area contributed by atoms with Gasteiger partial charge in [0.25, 0.3) is 0 Å². The molecule has 1 N–H and O–H groups in total. The number of hydrogen-bond donors (Lipinski definition) is 1. The third-order valence-corrected chi connectivity index (χ3v) is 3.80. The van der Waals surface area contributed by atoms with Gasteiger partial charge >= 0.3 is 0 Å². The second kappa shape index (κ2) is 9.89. The number of likely N-dealkylation sites (tertiary alicyclic amines) is 1. The van der Waals surface area contributed by atoms with Crippen LogP contribution in [0.3, 0.4) is 0 Å². The van der Waals surface area contributed by atoms with Crippen molar-refractivity contribution in [1.29, 1.82) is 0 Å². The molecule has 0 aromatic heterocycles. The summed E-state index contributed by atoms with van der Waals surface area (Å²) in [6.45, 7) is 4.25. The van der Waals surface area contributed by atoms with Gasteiger partial charge in [-0.25, -0.2) is 0 Å². The van der Waals surface area contributed by atoms with Gasteiger partial charge in [-0.2, -0.15) is 0 Å². The summed E-state index contributed by atoms with van der Waals surface area (Å²) in [7, 11) is 0. The Morgan fingerprint density at radius 1 is 1.12 bits per heavy atom. The highest BCUT2D eigenvalue weighted by Crippen LogP contribution is 2.08. The van der Waals surface area contributed by atoms with Crippen LogP contribution >= 0.6 is 15.9 Å². The van der Waals surface area contributed by atoms with Crippen LogP contribution < -0.4 is 5.32 Å². The Morgan fingerprint density at radius 3 is 2.47 bits per heavy atom. The molecule has 0 spiro atoms. The van der Waals surface area contributed by atoms with Crippen molar-refractivity contribution in [1.82, 2.24) is 10.2 Å². The minimum atomic E-state index is 0.209. The predicted octanol–water partition coefficient (Wildman–Crippen LogP) is 2.54. The largest absolute Gasteiger partial charge is 0.355 e. The van der Waals surface area contributed by atoms with Crippen molar-refractivity contribution in [2.75, 3.05) is 31.5 Å². The molecule has 0 unspecified atom stereocenters. The van der Waals surface area contributed by atoms with Gasteiger partial charge in [0, 0.05) is 24.8 Å². The average Bonchev–Trinajstić information content (AvgIpc) is 2.58. The van der Waals surface area contributed by atoms with E-state index in [-0.39, 0.29) is 5.91 Å². The topological polar surface area (TPSA) is 32.3 Å². The van der Waals surface area contributed by atoms with Gasteiger partial charge in [0.15, 0.2) is 0 Å². The fourth-order valence-corrected chi connectivity index (χ4v) is 2.58. The first-order valence-corrected chi connectivity index (χ1v) is 8.00. The van der Waals surface area contributed by atoms with E-state index in [4.69, 9.17) is 0 Å². The number of amides is 1. The van der Waals surface area contributed by atoms with E-state index in [1.54, 1.807) is 0 Å². The van der Waals surface area contributed by atoms with Crippen LogP contribution in [0.1, 0.15) is 44.9 Å². The first-order valence-electron chi connectivity index (χ1n) is 6.88. The number of carbonyl (C=O) groups excluding carboxylic acids is 1. The molecular weight excluding hydrogens is 280 g/mol. The summed E-state index contributed by atoms with van der Waals surface area (Å²) in [5.74, 6) is 0.209. The number of rotatable bonds is 7. The van der Waals surface area contributed by atoms with Crippen LogP contribution in [0.4, 0.5) is 0 Å². The van der Waals surface area contributed by atoms with E-state index in [1.807, 2.05) is 0 Å². The highest BCUT2D eigenvalue weighted by Gasteiger charge is 2.08. The fourth-order valence-electron chi connectivity index (χ4n) is 2.18. The summed E-state index contributed by atoms with van der Waals surface area (Å²) in [5, 5.41) is 4.01. The van der Waals surface area contributed by atoms with Gasteiger partial charge in [-0.1, -0.05) is 28.8 Å². The molecule has 0 aliphatic carbocycles. The number of nitrogens with one attached hydrogen (secondary N) is 1. The van der Waals surface area contributed by atoms with E-state index in [2.05, 4.69) is 26.1 Å². The van der Waals surface area contributed by atoms with Gasteiger partial charge in [0.1, 0.15) is 0 Å². The number of alkyl halides is 1. The summed E-state index contributed by atoms with van der Waals surface area (Å²) in [6, 6.07) is 0. The molecule has 0 aromatic rings. The van der Waals surface area contributed by atoms with Gasteiger partial charge in [-0.05, 0) is 38.8 Å². The quantitative estimate of drug-likeness (QED) is 0.579. The lowest BCUT2D eigenvalue weighted by molar-refractivity contribution is -0.121. The Kier molecular flexibility index (Phi) is 8.71. The molecule has 0 radical (unpaired) electrons. The third kappa shape index (κ3) is 7.77. The van der Waals surface area contributed by atoms with Gasteiger partial charge < -0.3 is 10.2 Å². The molecule has 1 fully saturated rings. The molecule has 1 aliphatic rings. The molecular formula is C13H25BrN2O. The molecule has 1 heterocycles. The van der Waals surface area contributed by atoms with E-state index < -0.39 is 0 Å². The molecule has 1 aliphatic heterocycles. The number of nitrogens with zero attached hydrogens (tertiary/aromatic N) is 1. The van der Waals surface area contributed by atoms with Gasteiger partial charge in [-0.15, -0.1) is 0 Å². The van der Waals surface area contributed by atoms with E-state index in [0.717, 1.165) is 31.3 Å². The van der Waals surface area contributed by atoms with Crippen LogP contribution in [-0.4, -0.2) is 42.3 Å². The van der Waals surface area contributed by atoms with Crippen LogP contribution in [-0.2, 0) is 4.79 Å². The lowest BCUT2D eigenvalue weighted by atomic mass is 10.2. The molecule has 0 aromatic carbocycles. The van der Waals surface area contributed by atoms with E-state index in [1.165, 1.54) is 38.8 Å².